The fourth-order valence-electron chi connectivity index (χ4n) is 1.56. The fraction of sp³-hybridized carbons (Fsp3) is 0.0769. The number of nitrogens with zero attached hydrogens (tertiary/aromatic N) is 1. The van der Waals surface area contributed by atoms with E-state index in [0.29, 0.717) is 10.5 Å². The Bertz CT molecular complexity index is 628. The summed E-state index contributed by atoms with van der Waals surface area (Å²) in [6.45, 7) is 0. The molecule has 0 aromatic heterocycles. The molecule has 0 fully saturated rings. The van der Waals surface area contributed by atoms with Crippen molar-refractivity contribution in [1.29, 1.82) is 0 Å². The van der Waals surface area contributed by atoms with Crippen LogP contribution in [0, 0.1) is 15.9 Å². The summed E-state index contributed by atoms with van der Waals surface area (Å²) in [6, 6.07) is 11.4. The van der Waals surface area contributed by atoms with Crippen LogP contribution in [-0.2, 0) is 16.6 Å². The summed E-state index contributed by atoms with van der Waals surface area (Å²) in [6.07, 6.45) is 0. The molecular formula is C13H10FNO3S. The lowest BCUT2D eigenvalue weighted by atomic mass is 10.2. The number of hydrogen-bond acceptors (Lipinski definition) is 3. The van der Waals surface area contributed by atoms with Gasteiger partial charge in [0.05, 0.1) is 21.5 Å². The number of nitro benzene ring substituents is 1. The SMILES string of the molecule is O=[N+]([O-])c1ccc(CS(=O)c2cccc(F)c2)cc1. The summed E-state index contributed by atoms with van der Waals surface area (Å²) in [5.41, 5.74) is 0.688. The number of rotatable bonds is 4. The van der Waals surface area contributed by atoms with E-state index >= 15 is 0 Å². The van der Waals surface area contributed by atoms with E-state index in [2.05, 4.69) is 0 Å². The van der Waals surface area contributed by atoms with Crippen molar-refractivity contribution in [3.8, 4) is 0 Å². The van der Waals surface area contributed by atoms with Gasteiger partial charge >= 0.3 is 0 Å². The molecule has 0 aliphatic rings. The van der Waals surface area contributed by atoms with E-state index in [1.807, 2.05) is 0 Å². The van der Waals surface area contributed by atoms with Gasteiger partial charge in [0.2, 0.25) is 0 Å². The van der Waals surface area contributed by atoms with Crippen LogP contribution in [0.3, 0.4) is 0 Å². The Morgan fingerprint density at radius 1 is 1.16 bits per heavy atom. The van der Waals surface area contributed by atoms with Crippen molar-refractivity contribution in [2.75, 3.05) is 0 Å². The van der Waals surface area contributed by atoms with Crippen molar-refractivity contribution in [1.82, 2.24) is 0 Å². The predicted octanol–water partition coefficient (Wildman–Crippen LogP) is 3.04. The third-order valence-electron chi connectivity index (χ3n) is 2.50. The molecule has 98 valence electrons. The Morgan fingerprint density at radius 3 is 2.42 bits per heavy atom. The number of halogens is 1. The van der Waals surface area contributed by atoms with Gasteiger partial charge in [-0.3, -0.25) is 14.3 Å². The molecule has 0 aliphatic carbocycles. The molecule has 1 unspecified atom stereocenters. The standard InChI is InChI=1S/C13H10FNO3S/c14-11-2-1-3-13(8-11)19(18)9-10-4-6-12(7-5-10)15(16)17/h1-8H,9H2. The van der Waals surface area contributed by atoms with Crippen LogP contribution in [0.25, 0.3) is 0 Å². The van der Waals surface area contributed by atoms with Gasteiger partial charge in [-0.2, -0.15) is 0 Å². The number of hydrogen-bond donors (Lipinski definition) is 0. The predicted molar refractivity (Wildman–Crippen MR) is 69.6 cm³/mol. The van der Waals surface area contributed by atoms with Crippen LogP contribution in [0.2, 0.25) is 0 Å². The second-order valence-corrected chi connectivity index (χ2v) is 5.32. The van der Waals surface area contributed by atoms with Crippen molar-refractivity contribution in [2.24, 2.45) is 0 Å². The molecule has 0 amide bonds. The Labute approximate surface area is 111 Å². The molecule has 4 nitrogen and oxygen atoms in total. The van der Waals surface area contributed by atoms with E-state index in [-0.39, 0.29) is 11.4 Å². The second kappa shape index (κ2) is 5.71. The van der Waals surface area contributed by atoms with Gasteiger partial charge in [0.25, 0.3) is 5.69 Å². The zero-order valence-electron chi connectivity index (χ0n) is 9.78. The largest absolute Gasteiger partial charge is 0.269 e. The molecule has 0 bridgehead atoms. The summed E-state index contributed by atoms with van der Waals surface area (Å²) in [5.74, 6) is -0.240. The summed E-state index contributed by atoms with van der Waals surface area (Å²) in [4.78, 5) is 10.4. The molecule has 2 aromatic carbocycles. The van der Waals surface area contributed by atoms with Crippen LogP contribution in [0.1, 0.15) is 5.56 Å². The lowest BCUT2D eigenvalue weighted by molar-refractivity contribution is -0.384. The van der Waals surface area contributed by atoms with Crippen molar-refractivity contribution >= 4 is 16.5 Å². The van der Waals surface area contributed by atoms with Gasteiger partial charge in [-0.1, -0.05) is 18.2 Å². The van der Waals surface area contributed by atoms with Crippen LogP contribution in [0.4, 0.5) is 10.1 Å². The first-order valence-electron chi connectivity index (χ1n) is 5.43. The van der Waals surface area contributed by atoms with E-state index in [9.17, 15) is 18.7 Å². The highest BCUT2D eigenvalue weighted by Gasteiger charge is 2.08. The molecule has 0 aliphatic heterocycles. The van der Waals surface area contributed by atoms with Crippen molar-refractivity contribution in [3.63, 3.8) is 0 Å². The average molecular weight is 279 g/mol. The monoisotopic (exact) mass is 279 g/mol. The first-order chi connectivity index (χ1) is 9.06. The number of benzene rings is 2. The molecule has 0 N–H and O–H groups in total. The van der Waals surface area contributed by atoms with E-state index in [4.69, 9.17) is 0 Å². The first-order valence-corrected chi connectivity index (χ1v) is 6.75. The van der Waals surface area contributed by atoms with Gasteiger partial charge < -0.3 is 0 Å². The third kappa shape index (κ3) is 3.45. The highest BCUT2D eigenvalue weighted by atomic mass is 32.2. The van der Waals surface area contributed by atoms with Crippen molar-refractivity contribution in [3.05, 3.63) is 70.0 Å². The zero-order valence-corrected chi connectivity index (χ0v) is 10.6. The molecule has 2 rings (SSSR count). The van der Waals surface area contributed by atoms with Gasteiger partial charge in [0, 0.05) is 17.0 Å². The lowest BCUT2D eigenvalue weighted by Gasteiger charge is -2.02. The first kappa shape index (κ1) is 13.4. The summed E-state index contributed by atoms with van der Waals surface area (Å²) in [5, 5.41) is 10.5. The topological polar surface area (TPSA) is 60.2 Å². The van der Waals surface area contributed by atoms with Gasteiger partial charge in [-0.15, -0.1) is 0 Å². The van der Waals surface area contributed by atoms with Crippen LogP contribution < -0.4 is 0 Å². The maximum Gasteiger partial charge on any atom is 0.269 e. The van der Waals surface area contributed by atoms with Crippen molar-refractivity contribution in [2.45, 2.75) is 10.6 Å². The molecule has 0 spiro atoms. The van der Waals surface area contributed by atoms with Crippen molar-refractivity contribution < 1.29 is 13.5 Å². The molecule has 1 atom stereocenters. The molecule has 0 saturated carbocycles. The van der Waals surface area contributed by atoms with Crippen LogP contribution in [0.5, 0.6) is 0 Å². The maximum atomic E-state index is 13.0. The molecule has 2 aromatic rings. The Kier molecular flexibility index (Phi) is 4.01. The minimum atomic E-state index is -1.37. The maximum absolute atomic E-state index is 13.0. The van der Waals surface area contributed by atoms with Crippen LogP contribution in [0.15, 0.2) is 53.4 Å². The van der Waals surface area contributed by atoms with Gasteiger partial charge in [0.1, 0.15) is 5.82 Å². The number of nitro groups is 1. The Morgan fingerprint density at radius 2 is 1.84 bits per heavy atom. The number of non-ortho nitro benzene ring substituents is 1. The second-order valence-electron chi connectivity index (χ2n) is 3.87. The fourth-order valence-corrected chi connectivity index (χ4v) is 2.69. The van der Waals surface area contributed by atoms with E-state index < -0.39 is 21.5 Å². The minimum absolute atomic E-state index is 0.0136. The highest BCUT2D eigenvalue weighted by molar-refractivity contribution is 7.84. The average Bonchev–Trinajstić information content (AvgIpc) is 2.39. The quantitative estimate of drug-likeness (QED) is 0.638. The third-order valence-corrected chi connectivity index (χ3v) is 3.88. The highest BCUT2D eigenvalue weighted by Crippen LogP contribution is 2.16. The zero-order chi connectivity index (χ0) is 13.8. The van der Waals surface area contributed by atoms with E-state index in [1.54, 1.807) is 18.2 Å². The summed E-state index contributed by atoms with van der Waals surface area (Å²) >= 11 is 0. The Hall–Kier alpha value is -2.08. The summed E-state index contributed by atoms with van der Waals surface area (Å²) < 4.78 is 25.0. The van der Waals surface area contributed by atoms with E-state index in [1.165, 1.54) is 30.3 Å². The van der Waals surface area contributed by atoms with Gasteiger partial charge in [-0.25, -0.2) is 4.39 Å². The van der Waals surface area contributed by atoms with Crippen LogP contribution >= 0.6 is 0 Å². The normalized spacial score (nSPS) is 12.1. The lowest BCUT2D eigenvalue weighted by Crippen LogP contribution is -1.97. The van der Waals surface area contributed by atoms with Gasteiger partial charge in [0.15, 0.2) is 0 Å². The smallest absolute Gasteiger partial charge is 0.258 e. The summed E-state index contributed by atoms with van der Waals surface area (Å²) in [7, 11) is -1.37. The molecule has 6 heteroatoms. The van der Waals surface area contributed by atoms with Gasteiger partial charge in [-0.05, 0) is 23.8 Å². The minimum Gasteiger partial charge on any atom is -0.258 e. The van der Waals surface area contributed by atoms with E-state index in [0.717, 1.165) is 0 Å². The molecule has 0 radical (unpaired) electrons. The molecule has 0 saturated heterocycles. The molecule has 0 heterocycles. The molecular weight excluding hydrogens is 269 g/mol. The Balaban J connectivity index is 2.13. The molecule has 19 heavy (non-hydrogen) atoms. The van der Waals surface area contributed by atoms with Crippen LogP contribution in [-0.4, -0.2) is 9.13 Å².